The van der Waals surface area contributed by atoms with Gasteiger partial charge in [-0.2, -0.15) is 0 Å². The van der Waals surface area contributed by atoms with E-state index in [1.54, 1.807) is 17.4 Å². The number of hydrogen-bond donors (Lipinski definition) is 2. The van der Waals surface area contributed by atoms with Crippen LogP contribution in [0.25, 0.3) is 0 Å². The van der Waals surface area contributed by atoms with Gasteiger partial charge in [-0.3, -0.25) is 11.3 Å². The number of aromatic nitrogens is 1. The van der Waals surface area contributed by atoms with E-state index >= 15 is 0 Å². The van der Waals surface area contributed by atoms with Crippen LogP contribution in [0.15, 0.2) is 22.7 Å². The monoisotopic (exact) mass is 343 g/mol. The molecule has 3 nitrogen and oxygen atoms in total. The molecule has 6 heteroatoms. The number of nitrogens with zero attached hydrogens (tertiary/aromatic N) is 1. The maximum atomic E-state index is 13.6. The van der Waals surface area contributed by atoms with E-state index in [4.69, 9.17) is 5.84 Å². The average Bonchev–Trinajstić information content (AvgIpc) is 2.69. The van der Waals surface area contributed by atoms with E-state index in [-0.39, 0.29) is 11.9 Å². The fourth-order valence-corrected chi connectivity index (χ4v) is 3.37. The van der Waals surface area contributed by atoms with Gasteiger partial charge in [-0.1, -0.05) is 12.1 Å². The van der Waals surface area contributed by atoms with Crippen LogP contribution < -0.4 is 11.3 Å². The van der Waals surface area contributed by atoms with Crippen LogP contribution in [0, 0.1) is 19.7 Å². The van der Waals surface area contributed by atoms with Crippen molar-refractivity contribution in [3.63, 3.8) is 0 Å². The van der Waals surface area contributed by atoms with Crippen molar-refractivity contribution in [2.24, 2.45) is 5.84 Å². The Balaban J connectivity index is 2.27. The third kappa shape index (κ3) is 3.20. The van der Waals surface area contributed by atoms with Gasteiger partial charge in [-0.05, 0) is 41.4 Å². The van der Waals surface area contributed by atoms with E-state index < -0.39 is 0 Å². The second kappa shape index (κ2) is 6.09. The largest absolute Gasteiger partial charge is 0.271 e. The number of nitrogens with two attached hydrogens (primary N) is 1. The standard InChI is InChI=1S/C13H15BrFN3S/c1-7-8(2)19-12(17-7)6-11(18-16)9-4-3-5-10(15)13(9)14/h3-5,11,18H,6,16H2,1-2H3. The molecule has 0 fully saturated rings. The van der Waals surface area contributed by atoms with E-state index in [9.17, 15) is 4.39 Å². The molecule has 1 atom stereocenters. The minimum absolute atomic E-state index is 0.171. The maximum absolute atomic E-state index is 13.6. The fraction of sp³-hybridized carbons (Fsp3) is 0.308. The Morgan fingerprint density at radius 3 is 2.79 bits per heavy atom. The Hall–Kier alpha value is -0.820. The number of benzene rings is 1. The van der Waals surface area contributed by atoms with Gasteiger partial charge < -0.3 is 0 Å². The first-order chi connectivity index (χ1) is 9.02. The van der Waals surface area contributed by atoms with E-state index in [0.29, 0.717) is 10.9 Å². The zero-order valence-corrected chi connectivity index (χ0v) is 13.1. The first-order valence-electron chi connectivity index (χ1n) is 5.86. The Morgan fingerprint density at radius 1 is 1.47 bits per heavy atom. The minimum atomic E-state index is -0.288. The summed E-state index contributed by atoms with van der Waals surface area (Å²) in [6.07, 6.45) is 0.637. The van der Waals surface area contributed by atoms with Crippen molar-refractivity contribution in [1.82, 2.24) is 10.4 Å². The lowest BCUT2D eigenvalue weighted by molar-refractivity contribution is 0.539. The van der Waals surface area contributed by atoms with Crippen molar-refractivity contribution in [3.8, 4) is 0 Å². The summed E-state index contributed by atoms with van der Waals surface area (Å²) < 4.78 is 14.0. The normalized spacial score (nSPS) is 12.7. The Kier molecular flexibility index (Phi) is 4.67. The molecule has 1 heterocycles. The molecule has 0 saturated heterocycles. The van der Waals surface area contributed by atoms with E-state index in [2.05, 4.69) is 26.3 Å². The molecule has 0 saturated carbocycles. The van der Waals surface area contributed by atoms with Gasteiger partial charge in [-0.25, -0.2) is 9.37 Å². The zero-order valence-electron chi connectivity index (χ0n) is 10.7. The lowest BCUT2D eigenvalue weighted by Crippen LogP contribution is -2.30. The fourth-order valence-electron chi connectivity index (χ4n) is 1.85. The zero-order chi connectivity index (χ0) is 14.0. The van der Waals surface area contributed by atoms with Crippen molar-refractivity contribution >= 4 is 27.3 Å². The third-order valence-corrected chi connectivity index (χ3v) is 4.94. The molecule has 102 valence electrons. The summed E-state index contributed by atoms with van der Waals surface area (Å²) in [5.41, 5.74) is 4.57. The van der Waals surface area contributed by atoms with Gasteiger partial charge in [0.1, 0.15) is 5.82 Å². The van der Waals surface area contributed by atoms with Crippen LogP contribution in [-0.4, -0.2) is 4.98 Å². The van der Waals surface area contributed by atoms with Crippen LogP contribution in [-0.2, 0) is 6.42 Å². The van der Waals surface area contributed by atoms with Gasteiger partial charge in [-0.15, -0.1) is 11.3 Å². The van der Waals surface area contributed by atoms with Crippen LogP contribution >= 0.6 is 27.3 Å². The summed E-state index contributed by atoms with van der Waals surface area (Å²) in [4.78, 5) is 5.69. The summed E-state index contributed by atoms with van der Waals surface area (Å²) in [6, 6.07) is 4.78. The molecule has 0 aliphatic carbocycles. The van der Waals surface area contributed by atoms with Crippen molar-refractivity contribution in [2.45, 2.75) is 26.3 Å². The number of aryl methyl sites for hydroxylation is 2. The summed E-state index contributed by atoms with van der Waals surface area (Å²) in [7, 11) is 0. The second-order valence-corrected chi connectivity index (χ2v) is 6.40. The number of rotatable bonds is 4. The molecular formula is C13H15BrFN3S. The number of halogens is 2. The SMILES string of the molecule is Cc1nc(CC(NN)c2cccc(F)c2Br)sc1C. The predicted octanol–water partition coefficient (Wildman–Crippen LogP) is 3.41. The molecule has 3 N–H and O–H groups in total. The predicted molar refractivity (Wildman–Crippen MR) is 79.5 cm³/mol. The quantitative estimate of drug-likeness (QED) is 0.660. The molecule has 19 heavy (non-hydrogen) atoms. The van der Waals surface area contributed by atoms with Gasteiger partial charge in [0.15, 0.2) is 0 Å². The van der Waals surface area contributed by atoms with Crippen LogP contribution in [0.4, 0.5) is 4.39 Å². The van der Waals surface area contributed by atoms with Crippen LogP contribution in [0.1, 0.15) is 27.2 Å². The highest BCUT2D eigenvalue weighted by molar-refractivity contribution is 9.10. The van der Waals surface area contributed by atoms with E-state index in [1.807, 2.05) is 19.9 Å². The highest BCUT2D eigenvalue weighted by Crippen LogP contribution is 2.29. The van der Waals surface area contributed by atoms with Crippen LogP contribution in [0.5, 0.6) is 0 Å². The van der Waals surface area contributed by atoms with Gasteiger partial charge in [0.2, 0.25) is 0 Å². The molecule has 0 aliphatic heterocycles. The summed E-state index contributed by atoms with van der Waals surface area (Å²) in [5.74, 6) is 5.31. The Morgan fingerprint density at radius 2 is 2.21 bits per heavy atom. The lowest BCUT2D eigenvalue weighted by Gasteiger charge is -2.16. The number of hydrazine groups is 1. The van der Waals surface area contributed by atoms with Crippen molar-refractivity contribution < 1.29 is 4.39 Å². The summed E-state index contributed by atoms with van der Waals surface area (Å²) in [5, 5.41) is 0.995. The van der Waals surface area contributed by atoms with Crippen molar-refractivity contribution in [2.75, 3.05) is 0 Å². The smallest absolute Gasteiger partial charge is 0.137 e. The highest BCUT2D eigenvalue weighted by Gasteiger charge is 2.18. The molecular weight excluding hydrogens is 329 g/mol. The maximum Gasteiger partial charge on any atom is 0.137 e. The molecule has 1 aromatic heterocycles. The van der Waals surface area contributed by atoms with E-state index in [0.717, 1.165) is 16.3 Å². The third-order valence-electron chi connectivity index (χ3n) is 3.01. The summed E-state index contributed by atoms with van der Waals surface area (Å²) in [6.45, 7) is 4.03. The van der Waals surface area contributed by atoms with Crippen LogP contribution in [0.3, 0.4) is 0 Å². The van der Waals surface area contributed by atoms with Crippen molar-refractivity contribution in [1.29, 1.82) is 0 Å². The first-order valence-corrected chi connectivity index (χ1v) is 7.46. The molecule has 0 spiro atoms. The summed E-state index contributed by atoms with van der Waals surface area (Å²) >= 11 is 4.91. The molecule has 0 aliphatic rings. The molecule has 0 radical (unpaired) electrons. The van der Waals surface area contributed by atoms with E-state index in [1.165, 1.54) is 10.9 Å². The number of nitrogens with one attached hydrogen (secondary N) is 1. The highest BCUT2D eigenvalue weighted by atomic mass is 79.9. The second-order valence-electron chi connectivity index (χ2n) is 4.32. The van der Waals surface area contributed by atoms with Gasteiger partial charge in [0.25, 0.3) is 0 Å². The Bertz CT molecular complexity index is 566. The van der Waals surface area contributed by atoms with Gasteiger partial charge in [0, 0.05) is 11.3 Å². The molecule has 2 aromatic rings. The average molecular weight is 344 g/mol. The number of thiazole rings is 1. The molecule has 0 bridgehead atoms. The molecule has 1 aromatic carbocycles. The Labute approximate surface area is 124 Å². The first kappa shape index (κ1) is 14.6. The van der Waals surface area contributed by atoms with Gasteiger partial charge in [0.05, 0.1) is 21.2 Å². The molecule has 1 unspecified atom stereocenters. The molecule has 0 amide bonds. The van der Waals surface area contributed by atoms with Gasteiger partial charge >= 0.3 is 0 Å². The number of hydrogen-bond acceptors (Lipinski definition) is 4. The minimum Gasteiger partial charge on any atom is -0.271 e. The molecule has 2 rings (SSSR count). The lowest BCUT2D eigenvalue weighted by atomic mass is 10.0. The topological polar surface area (TPSA) is 50.9 Å². The van der Waals surface area contributed by atoms with Crippen LogP contribution in [0.2, 0.25) is 0 Å². The van der Waals surface area contributed by atoms with Crippen molar-refractivity contribution in [3.05, 3.63) is 49.6 Å².